The summed E-state index contributed by atoms with van der Waals surface area (Å²) in [5.41, 5.74) is 0.459. The average molecular weight is 476 g/mol. The van der Waals surface area contributed by atoms with Crippen LogP contribution in [0.15, 0.2) is 64.4 Å². The smallest absolute Gasteiger partial charge is 0.329 e. The van der Waals surface area contributed by atoms with Gasteiger partial charge >= 0.3 is 6.18 Å². The van der Waals surface area contributed by atoms with Crippen molar-refractivity contribution in [3.8, 4) is 6.07 Å². The first-order valence-electron chi connectivity index (χ1n) is 9.48. The number of allylic oxidation sites excluding steroid dienone is 1. The van der Waals surface area contributed by atoms with Crippen molar-refractivity contribution in [1.29, 1.82) is 5.26 Å². The highest BCUT2D eigenvalue weighted by molar-refractivity contribution is 7.09. The fourth-order valence-corrected chi connectivity index (χ4v) is 3.11. The van der Waals surface area contributed by atoms with Gasteiger partial charge in [-0.25, -0.2) is 9.67 Å². The van der Waals surface area contributed by atoms with Crippen LogP contribution < -0.4 is 5.32 Å². The Bertz CT molecular complexity index is 1150. The second-order valence-electron chi connectivity index (χ2n) is 6.27. The third kappa shape index (κ3) is 7.97. The molecule has 0 radical (unpaired) electrons. The third-order valence-corrected chi connectivity index (χ3v) is 4.69. The minimum Gasteiger partial charge on any atom is -0.329 e. The molecule has 8 nitrogen and oxygen atoms in total. The first-order chi connectivity index (χ1) is 15.8. The molecule has 172 valence electrons. The number of nitriles is 1. The number of halogens is 3. The van der Waals surface area contributed by atoms with E-state index in [1.54, 1.807) is 48.1 Å². The Morgan fingerprint density at radius 1 is 1.36 bits per heavy atom. The van der Waals surface area contributed by atoms with E-state index in [0.29, 0.717) is 16.8 Å². The van der Waals surface area contributed by atoms with Crippen molar-refractivity contribution >= 4 is 17.2 Å². The monoisotopic (exact) mass is 475 g/mol. The zero-order valence-electron chi connectivity index (χ0n) is 17.7. The number of azo groups is 1. The van der Waals surface area contributed by atoms with Crippen LogP contribution >= 0.6 is 11.3 Å². The summed E-state index contributed by atoms with van der Waals surface area (Å²) in [6.07, 6.45) is 0.703. The van der Waals surface area contributed by atoms with Gasteiger partial charge in [0.1, 0.15) is 5.69 Å². The largest absolute Gasteiger partial charge is 0.433 e. The average Bonchev–Trinajstić information content (AvgIpc) is 3.46. The molecule has 0 unspecified atom stereocenters. The number of carbonyl (C=O) groups is 1. The molecule has 0 aliphatic heterocycles. The second kappa shape index (κ2) is 12.3. The number of benzene rings is 1. The maximum absolute atomic E-state index is 12.8. The van der Waals surface area contributed by atoms with Gasteiger partial charge in [0.2, 0.25) is 0 Å². The third-order valence-electron chi connectivity index (χ3n) is 3.91. The Balaban J connectivity index is 0.000000245. The van der Waals surface area contributed by atoms with Gasteiger partial charge in [-0.1, -0.05) is 12.1 Å². The SMILES string of the molecule is C/C=C/NC(=O)c1cccc(C#N)c1.CN=NCn1nc(Cc2nccs2)cc1C(F)(F)F. The molecule has 0 atom stereocenters. The minimum absolute atomic E-state index is 0.208. The number of carbonyl (C=O) groups excluding carboxylic acids is 1. The lowest BCUT2D eigenvalue weighted by atomic mass is 10.1. The summed E-state index contributed by atoms with van der Waals surface area (Å²) in [5, 5.41) is 24.5. The maximum atomic E-state index is 12.8. The van der Waals surface area contributed by atoms with Gasteiger partial charge in [-0.15, -0.1) is 11.3 Å². The van der Waals surface area contributed by atoms with Crippen molar-refractivity contribution in [2.24, 2.45) is 10.2 Å². The summed E-state index contributed by atoms with van der Waals surface area (Å²) in [6.45, 7) is 1.56. The number of aromatic nitrogens is 3. The number of nitrogens with zero attached hydrogens (tertiary/aromatic N) is 6. The lowest BCUT2D eigenvalue weighted by Gasteiger charge is -2.06. The molecule has 2 heterocycles. The van der Waals surface area contributed by atoms with Crippen molar-refractivity contribution in [1.82, 2.24) is 20.1 Å². The zero-order valence-corrected chi connectivity index (χ0v) is 18.6. The molecule has 1 N–H and O–H groups in total. The van der Waals surface area contributed by atoms with E-state index in [1.807, 2.05) is 13.0 Å². The number of amides is 1. The van der Waals surface area contributed by atoms with Gasteiger partial charge in [-0.05, 0) is 37.4 Å². The van der Waals surface area contributed by atoms with Gasteiger partial charge in [0.15, 0.2) is 6.67 Å². The Labute approximate surface area is 192 Å². The van der Waals surface area contributed by atoms with E-state index < -0.39 is 11.9 Å². The summed E-state index contributed by atoms with van der Waals surface area (Å²) >= 11 is 1.37. The van der Waals surface area contributed by atoms with Crippen molar-refractivity contribution < 1.29 is 18.0 Å². The molecular formula is C21H20F3N7OS. The van der Waals surface area contributed by atoms with E-state index in [-0.39, 0.29) is 19.0 Å². The number of thiazole rings is 1. The molecule has 0 fully saturated rings. The van der Waals surface area contributed by atoms with Gasteiger partial charge in [0.05, 0.1) is 22.3 Å². The maximum Gasteiger partial charge on any atom is 0.433 e. The number of rotatable bonds is 6. The first kappa shape index (κ1) is 25.4. The number of nitrogens with one attached hydrogen (secondary N) is 1. The Morgan fingerprint density at radius 3 is 2.76 bits per heavy atom. The molecule has 0 aliphatic carbocycles. The van der Waals surface area contributed by atoms with E-state index in [1.165, 1.54) is 18.4 Å². The standard InChI is InChI=1S/C11H10N2O.C10H10F3N5S/c1-2-6-13-11(14)10-5-3-4-9(7-10)8-12;1-14-16-6-18-8(10(11,12)13)4-7(17-18)5-9-15-2-3-19-9/h2-7H,1H3,(H,13,14);2-4H,5-6H2,1H3/b6-2+;. The highest BCUT2D eigenvalue weighted by Gasteiger charge is 2.35. The van der Waals surface area contributed by atoms with E-state index >= 15 is 0 Å². The van der Waals surface area contributed by atoms with E-state index in [4.69, 9.17) is 5.26 Å². The molecular weight excluding hydrogens is 455 g/mol. The highest BCUT2D eigenvalue weighted by Crippen LogP contribution is 2.30. The Hall–Kier alpha value is -3.85. The van der Waals surface area contributed by atoms with Gasteiger partial charge in [0, 0.05) is 30.6 Å². The molecule has 0 bridgehead atoms. The molecule has 12 heteroatoms. The van der Waals surface area contributed by atoms with Crippen LogP contribution in [0, 0.1) is 11.3 Å². The molecule has 0 aliphatic rings. The molecule has 1 amide bonds. The van der Waals surface area contributed by atoms with Crippen LogP contribution in [0.4, 0.5) is 13.2 Å². The normalized spacial score (nSPS) is 11.3. The Kier molecular flexibility index (Phi) is 9.44. The molecule has 3 aromatic rings. The van der Waals surface area contributed by atoms with Crippen LogP contribution in [0.2, 0.25) is 0 Å². The van der Waals surface area contributed by atoms with Crippen LogP contribution in [0.3, 0.4) is 0 Å². The van der Waals surface area contributed by atoms with Gasteiger partial charge in [-0.3, -0.25) is 4.79 Å². The number of hydrogen-bond acceptors (Lipinski definition) is 7. The highest BCUT2D eigenvalue weighted by atomic mass is 32.1. The molecule has 2 aromatic heterocycles. The number of hydrogen-bond donors (Lipinski definition) is 1. The van der Waals surface area contributed by atoms with E-state index in [0.717, 1.165) is 15.8 Å². The van der Waals surface area contributed by atoms with Crippen molar-refractivity contribution in [3.63, 3.8) is 0 Å². The quantitative estimate of drug-likeness (QED) is 0.516. The summed E-state index contributed by atoms with van der Waals surface area (Å²) in [5.74, 6) is -0.208. The van der Waals surface area contributed by atoms with Gasteiger partial charge in [-0.2, -0.15) is 33.8 Å². The molecule has 0 saturated carbocycles. The van der Waals surface area contributed by atoms with Crippen molar-refractivity contribution in [2.45, 2.75) is 26.2 Å². The van der Waals surface area contributed by atoms with Crippen molar-refractivity contribution in [2.75, 3.05) is 7.05 Å². The predicted octanol–water partition coefficient (Wildman–Crippen LogP) is 4.81. The molecule has 33 heavy (non-hydrogen) atoms. The molecule has 0 spiro atoms. The fourth-order valence-electron chi connectivity index (χ4n) is 2.48. The number of alkyl halides is 3. The topological polar surface area (TPSA) is 108 Å². The van der Waals surface area contributed by atoms with E-state index in [2.05, 4.69) is 25.6 Å². The van der Waals surface area contributed by atoms with Crippen LogP contribution in [0.1, 0.15) is 39.2 Å². The van der Waals surface area contributed by atoms with E-state index in [9.17, 15) is 18.0 Å². The van der Waals surface area contributed by atoms with Crippen LogP contribution in [0.5, 0.6) is 0 Å². The van der Waals surface area contributed by atoms with Crippen LogP contribution in [0.25, 0.3) is 0 Å². The summed E-state index contributed by atoms with van der Waals surface area (Å²) in [6, 6.07) is 9.56. The fraction of sp³-hybridized carbons (Fsp3) is 0.238. The van der Waals surface area contributed by atoms with Gasteiger partial charge < -0.3 is 5.32 Å². The molecule has 3 rings (SSSR count). The molecule has 0 saturated heterocycles. The minimum atomic E-state index is -4.46. The predicted molar refractivity (Wildman–Crippen MR) is 116 cm³/mol. The van der Waals surface area contributed by atoms with Crippen LogP contribution in [-0.4, -0.2) is 27.7 Å². The second-order valence-corrected chi connectivity index (χ2v) is 7.25. The Morgan fingerprint density at radius 2 is 2.15 bits per heavy atom. The summed E-state index contributed by atoms with van der Waals surface area (Å²) < 4.78 is 39.3. The first-order valence-corrected chi connectivity index (χ1v) is 10.4. The van der Waals surface area contributed by atoms with Crippen molar-refractivity contribution in [3.05, 3.63) is 81.7 Å². The lowest BCUT2D eigenvalue weighted by Crippen LogP contribution is -2.16. The zero-order chi connectivity index (χ0) is 24.3. The summed E-state index contributed by atoms with van der Waals surface area (Å²) in [7, 11) is 1.40. The van der Waals surface area contributed by atoms with Crippen LogP contribution in [-0.2, 0) is 19.3 Å². The lowest BCUT2D eigenvalue weighted by molar-refractivity contribution is -0.144. The summed E-state index contributed by atoms with van der Waals surface area (Å²) in [4.78, 5) is 15.4. The molecule has 1 aromatic carbocycles. The van der Waals surface area contributed by atoms with Gasteiger partial charge in [0.25, 0.3) is 5.91 Å².